The Morgan fingerprint density at radius 2 is 1.83 bits per heavy atom. The van der Waals surface area contributed by atoms with Crippen LogP contribution in [0.4, 0.5) is 0 Å². The fourth-order valence-electron chi connectivity index (χ4n) is 9.32. The lowest BCUT2D eigenvalue weighted by Gasteiger charge is -2.60. The van der Waals surface area contributed by atoms with E-state index >= 15 is 0 Å². The number of carbonyl (C=O) groups is 2. The molecule has 9 unspecified atom stereocenters. The third-order valence-corrected chi connectivity index (χ3v) is 11.6. The minimum Gasteiger partial charge on any atom is -0.369 e. The second-order valence-electron chi connectivity index (χ2n) is 14.4. The predicted molar refractivity (Wildman–Crippen MR) is 161 cm³/mol. The quantitative estimate of drug-likeness (QED) is 0.309. The largest absolute Gasteiger partial charge is 0.369 e. The molecule has 2 saturated heterocycles. The molecule has 6 aliphatic rings. The highest BCUT2D eigenvalue weighted by molar-refractivity contribution is 6.20. The van der Waals surface area contributed by atoms with Gasteiger partial charge in [0.2, 0.25) is 0 Å². The number of hydrogen-bond donors (Lipinski definition) is 2. The fraction of sp³-hybridized carbons (Fsp3) is 0.879. The summed E-state index contributed by atoms with van der Waals surface area (Å²) in [6.45, 7) is 3.87. The normalized spacial score (nSPS) is 38.7. The van der Waals surface area contributed by atoms with Gasteiger partial charge in [-0.25, -0.2) is 0 Å². The van der Waals surface area contributed by atoms with Crippen molar-refractivity contribution in [3.63, 3.8) is 0 Å². The van der Waals surface area contributed by atoms with Crippen molar-refractivity contribution in [3.8, 4) is 0 Å². The Morgan fingerprint density at radius 1 is 1.02 bits per heavy atom. The molecule has 8 nitrogen and oxygen atoms in total. The summed E-state index contributed by atoms with van der Waals surface area (Å²) in [6.07, 6.45) is 17.3. The number of amides is 1. The van der Waals surface area contributed by atoms with Crippen molar-refractivity contribution in [3.05, 3.63) is 11.8 Å². The number of morpholine rings is 1. The number of nitrogens with zero attached hydrogens (tertiary/aromatic N) is 3. The number of likely N-dealkylation sites (tertiary alicyclic amines) is 1. The Balaban J connectivity index is 1.19. The van der Waals surface area contributed by atoms with Crippen LogP contribution in [-0.2, 0) is 14.3 Å². The van der Waals surface area contributed by atoms with Crippen molar-refractivity contribution in [2.24, 2.45) is 17.8 Å². The fourth-order valence-corrected chi connectivity index (χ4v) is 9.32. The summed E-state index contributed by atoms with van der Waals surface area (Å²) in [5.41, 5.74) is 0.395. The minimum atomic E-state index is -0.166. The molecule has 3 aliphatic heterocycles. The third-order valence-electron chi connectivity index (χ3n) is 11.6. The number of ether oxygens (including phenoxy) is 1. The SMILES string of the molecule is CN(C)CCCCNC1CCC2C(=O)C(C(=O)NCCC3CCCN3C)=CN3C4CC5CCCCC5CC4OC1C23. The van der Waals surface area contributed by atoms with E-state index in [-0.39, 0.29) is 47.9 Å². The summed E-state index contributed by atoms with van der Waals surface area (Å²) >= 11 is 0. The Bertz CT molecular complexity index is 971. The molecule has 0 aromatic carbocycles. The zero-order chi connectivity index (χ0) is 28.5. The summed E-state index contributed by atoms with van der Waals surface area (Å²) in [5.74, 6) is 1.25. The van der Waals surface area contributed by atoms with Gasteiger partial charge in [0.1, 0.15) is 0 Å². The Labute approximate surface area is 248 Å². The Kier molecular flexibility index (Phi) is 9.40. The van der Waals surface area contributed by atoms with Crippen molar-refractivity contribution in [2.45, 2.75) is 120 Å². The van der Waals surface area contributed by atoms with Gasteiger partial charge >= 0.3 is 0 Å². The molecule has 9 atom stereocenters. The zero-order valence-corrected chi connectivity index (χ0v) is 25.9. The summed E-state index contributed by atoms with van der Waals surface area (Å²) in [4.78, 5) is 34.6. The van der Waals surface area contributed by atoms with Gasteiger partial charge < -0.3 is 30.1 Å². The highest BCUT2D eigenvalue weighted by atomic mass is 16.5. The maximum atomic E-state index is 13.9. The molecule has 230 valence electrons. The lowest BCUT2D eigenvalue weighted by Crippen LogP contribution is -2.71. The van der Waals surface area contributed by atoms with Gasteiger partial charge in [0.05, 0.1) is 29.9 Å². The molecule has 0 spiro atoms. The van der Waals surface area contributed by atoms with Crippen LogP contribution >= 0.6 is 0 Å². The number of carbonyl (C=O) groups excluding carboxylic acids is 2. The number of hydrogen-bond acceptors (Lipinski definition) is 7. The van der Waals surface area contributed by atoms with Gasteiger partial charge in [-0.1, -0.05) is 25.7 Å². The van der Waals surface area contributed by atoms with E-state index in [0.29, 0.717) is 18.2 Å². The van der Waals surface area contributed by atoms with Gasteiger partial charge in [0.25, 0.3) is 5.91 Å². The number of unbranched alkanes of at least 4 members (excludes halogenated alkanes) is 1. The van der Waals surface area contributed by atoms with Crippen molar-refractivity contribution in [1.29, 1.82) is 0 Å². The summed E-state index contributed by atoms with van der Waals surface area (Å²) in [5, 5.41) is 7.00. The van der Waals surface area contributed by atoms with E-state index in [0.717, 1.165) is 70.0 Å². The van der Waals surface area contributed by atoms with Crippen LogP contribution in [-0.4, -0.2) is 110 Å². The van der Waals surface area contributed by atoms with Gasteiger partial charge in [-0.3, -0.25) is 9.59 Å². The molecule has 0 aromatic rings. The Morgan fingerprint density at radius 3 is 2.59 bits per heavy atom. The standard InChI is InChI=1S/C33H55N5O3/c1-36(2)17-7-6-15-34-27-13-12-25-30-32(27)41-29-20-23-10-5-4-9-22(23)19-28(29)38(30)21-26(31(25)39)33(40)35-16-14-24-11-8-18-37(24)3/h21-25,27-30,32,34H,4-20H2,1-3H3,(H,35,40). The number of ketones is 1. The van der Waals surface area contributed by atoms with Gasteiger partial charge in [-0.05, 0) is 110 Å². The molecule has 6 rings (SSSR count). The average Bonchev–Trinajstić information content (AvgIpc) is 3.37. The van der Waals surface area contributed by atoms with Crippen LogP contribution in [0.15, 0.2) is 11.8 Å². The Hall–Kier alpha value is -1.48. The van der Waals surface area contributed by atoms with E-state index in [9.17, 15) is 9.59 Å². The summed E-state index contributed by atoms with van der Waals surface area (Å²) in [7, 11) is 6.44. The van der Waals surface area contributed by atoms with E-state index in [1.165, 1.54) is 44.9 Å². The molecule has 41 heavy (non-hydrogen) atoms. The van der Waals surface area contributed by atoms with Gasteiger partial charge in [0, 0.05) is 30.7 Å². The first-order valence-corrected chi connectivity index (χ1v) is 17.0. The van der Waals surface area contributed by atoms with Crippen molar-refractivity contribution in [2.75, 3.05) is 47.3 Å². The maximum Gasteiger partial charge on any atom is 0.256 e. The second kappa shape index (κ2) is 13.0. The second-order valence-corrected chi connectivity index (χ2v) is 14.4. The van der Waals surface area contributed by atoms with E-state index in [2.05, 4.69) is 46.5 Å². The highest BCUT2D eigenvalue weighted by Gasteiger charge is 2.57. The van der Waals surface area contributed by atoms with Crippen molar-refractivity contribution < 1.29 is 14.3 Å². The number of fused-ring (bicyclic) bond motifs is 3. The van der Waals surface area contributed by atoms with Crippen molar-refractivity contribution >= 4 is 11.7 Å². The first-order chi connectivity index (χ1) is 19.9. The molecule has 8 heteroatoms. The molecule has 0 aromatic heterocycles. The van der Waals surface area contributed by atoms with Gasteiger partial charge in [-0.15, -0.1) is 0 Å². The number of Topliss-reactive ketones (excluding diaryl/α,β-unsaturated/α-hetero) is 1. The smallest absolute Gasteiger partial charge is 0.256 e. The van der Waals surface area contributed by atoms with Crippen LogP contribution in [0.2, 0.25) is 0 Å². The number of nitrogens with one attached hydrogen (secondary N) is 2. The van der Waals surface area contributed by atoms with Crippen LogP contribution < -0.4 is 10.6 Å². The predicted octanol–water partition coefficient (Wildman–Crippen LogP) is 3.17. The van der Waals surface area contributed by atoms with Gasteiger partial charge in [0.15, 0.2) is 5.78 Å². The lowest BCUT2D eigenvalue weighted by atomic mass is 9.65. The van der Waals surface area contributed by atoms with E-state index in [1.54, 1.807) is 0 Å². The van der Waals surface area contributed by atoms with Crippen LogP contribution in [0.5, 0.6) is 0 Å². The van der Waals surface area contributed by atoms with Crippen molar-refractivity contribution in [1.82, 2.24) is 25.3 Å². The molecule has 2 N–H and O–H groups in total. The van der Waals surface area contributed by atoms with Gasteiger partial charge in [-0.2, -0.15) is 0 Å². The molecule has 3 saturated carbocycles. The molecule has 3 heterocycles. The highest BCUT2D eigenvalue weighted by Crippen LogP contribution is 2.49. The molecule has 0 radical (unpaired) electrons. The molecule has 5 fully saturated rings. The maximum absolute atomic E-state index is 13.9. The minimum absolute atomic E-state index is 0.00621. The van der Waals surface area contributed by atoms with E-state index in [1.807, 2.05) is 6.20 Å². The van der Waals surface area contributed by atoms with Crippen LogP contribution in [0.1, 0.15) is 83.5 Å². The zero-order valence-electron chi connectivity index (χ0n) is 25.9. The molecular formula is C33H55N5O3. The van der Waals surface area contributed by atoms with E-state index in [4.69, 9.17) is 4.74 Å². The average molecular weight is 570 g/mol. The molecule has 1 amide bonds. The lowest BCUT2D eigenvalue weighted by molar-refractivity contribution is -0.200. The topological polar surface area (TPSA) is 77.2 Å². The molecule has 0 bridgehead atoms. The first kappa shape index (κ1) is 29.6. The third kappa shape index (κ3) is 6.27. The summed E-state index contributed by atoms with van der Waals surface area (Å²) < 4.78 is 7.06. The van der Waals surface area contributed by atoms with Crippen LogP contribution in [0.3, 0.4) is 0 Å². The molecular weight excluding hydrogens is 514 g/mol. The van der Waals surface area contributed by atoms with Crippen LogP contribution in [0, 0.1) is 17.8 Å². The van der Waals surface area contributed by atoms with E-state index < -0.39 is 0 Å². The summed E-state index contributed by atoms with van der Waals surface area (Å²) in [6, 6.07) is 1.12. The van der Waals surface area contributed by atoms with Crippen LogP contribution in [0.25, 0.3) is 0 Å². The molecule has 3 aliphatic carbocycles. The monoisotopic (exact) mass is 569 g/mol. The number of rotatable bonds is 10. The first-order valence-electron chi connectivity index (χ1n) is 17.0.